The summed E-state index contributed by atoms with van der Waals surface area (Å²) in [7, 11) is 0. The summed E-state index contributed by atoms with van der Waals surface area (Å²) in [6, 6.07) is 3.02. The van der Waals surface area contributed by atoms with E-state index in [4.69, 9.17) is 4.42 Å². The maximum absolute atomic E-state index is 12.9. The van der Waals surface area contributed by atoms with Crippen LogP contribution >= 0.6 is 0 Å². The maximum atomic E-state index is 12.9. The van der Waals surface area contributed by atoms with Gasteiger partial charge in [0.1, 0.15) is 6.04 Å². The van der Waals surface area contributed by atoms with Crippen LogP contribution in [0.25, 0.3) is 0 Å². The van der Waals surface area contributed by atoms with Gasteiger partial charge in [-0.05, 0) is 44.4 Å². The number of likely N-dealkylation sites (tertiary alicyclic amines) is 1. The minimum absolute atomic E-state index is 0.0864. The molecule has 3 heterocycles. The van der Waals surface area contributed by atoms with E-state index in [-0.39, 0.29) is 17.9 Å². The number of hydrogen-bond donors (Lipinski definition) is 1. The largest absolute Gasteiger partial charge is 0.459 e. The predicted molar refractivity (Wildman–Crippen MR) is 81.5 cm³/mol. The smallest absolute Gasteiger partial charge is 0.290 e. The highest BCUT2D eigenvalue weighted by molar-refractivity contribution is 5.95. The Morgan fingerprint density at radius 2 is 2.05 bits per heavy atom. The summed E-state index contributed by atoms with van der Waals surface area (Å²) in [6.07, 6.45) is 5.14. The zero-order chi connectivity index (χ0) is 15.4. The molecule has 6 heteroatoms. The zero-order valence-electron chi connectivity index (χ0n) is 12.8. The van der Waals surface area contributed by atoms with Crippen LogP contribution in [-0.2, 0) is 4.79 Å². The van der Waals surface area contributed by atoms with Crippen LogP contribution in [0.15, 0.2) is 22.8 Å². The van der Waals surface area contributed by atoms with Gasteiger partial charge in [-0.1, -0.05) is 0 Å². The van der Waals surface area contributed by atoms with Crippen LogP contribution in [0.1, 0.15) is 36.2 Å². The molecule has 2 amide bonds. The second-order valence-corrected chi connectivity index (χ2v) is 5.92. The van der Waals surface area contributed by atoms with E-state index in [0.29, 0.717) is 12.3 Å². The number of nitrogens with one attached hydrogen (secondary N) is 1. The van der Waals surface area contributed by atoms with Gasteiger partial charge in [0, 0.05) is 26.2 Å². The Hall–Kier alpha value is -1.82. The molecule has 2 saturated heterocycles. The number of hydrogen-bond acceptors (Lipinski definition) is 4. The van der Waals surface area contributed by atoms with Gasteiger partial charge in [0.15, 0.2) is 5.76 Å². The van der Waals surface area contributed by atoms with E-state index in [1.807, 2.05) is 4.90 Å². The van der Waals surface area contributed by atoms with Crippen molar-refractivity contribution in [2.75, 3.05) is 32.7 Å². The summed E-state index contributed by atoms with van der Waals surface area (Å²) in [4.78, 5) is 29.0. The minimum Gasteiger partial charge on any atom is -0.459 e. The SMILES string of the molecule is O=C(C1CCCCN1C(=O)c1ccco1)N1CCCNCC1. The Labute approximate surface area is 130 Å². The van der Waals surface area contributed by atoms with Crippen LogP contribution in [0, 0.1) is 0 Å². The van der Waals surface area contributed by atoms with Crippen molar-refractivity contribution in [3.63, 3.8) is 0 Å². The van der Waals surface area contributed by atoms with Gasteiger partial charge >= 0.3 is 0 Å². The number of piperidine rings is 1. The highest BCUT2D eigenvalue weighted by Crippen LogP contribution is 2.22. The van der Waals surface area contributed by atoms with Crippen LogP contribution in [0.4, 0.5) is 0 Å². The molecule has 1 unspecified atom stereocenters. The van der Waals surface area contributed by atoms with E-state index in [1.165, 1.54) is 6.26 Å². The van der Waals surface area contributed by atoms with Crippen molar-refractivity contribution in [1.29, 1.82) is 0 Å². The maximum Gasteiger partial charge on any atom is 0.290 e. The molecule has 6 nitrogen and oxygen atoms in total. The fraction of sp³-hybridized carbons (Fsp3) is 0.625. The molecule has 3 rings (SSSR count). The van der Waals surface area contributed by atoms with E-state index in [9.17, 15) is 9.59 Å². The minimum atomic E-state index is -0.343. The fourth-order valence-corrected chi connectivity index (χ4v) is 3.25. The monoisotopic (exact) mass is 305 g/mol. The zero-order valence-corrected chi connectivity index (χ0v) is 12.8. The quantitative estimate of drug-likeness (QED) is 0.888. The molecule has 0 aromatic carbocycles. The molecular weight excluding hydrogens is 282 g/mol. The van der Waals surface area contributed by atoms with Gasteiger partial charge in [-0.15, -0.1) is 0 Å². The first-order chi connectivity index (χ1) is 10.8. The van der Waals surface area contributed by atoms with Crippen molar-refractivity contribution in [3.05, 3.63) is 24.2 Å². The van der Waals surface area contributed by atoms with Gasteiger partial charge in [0.2, 0.25) is 5.91 Å². The van der Waals surface area contributed by atoms with Crippen molar-refractivity contribution < 1.29 is 14.0 Å². The highest BCUT2D eigenvalue weighted by Gasteiger charge is 2.36. The molecule has 0 bridgehead atoms. The number of nitrogens with zero attached hydrogens (tertiary/aromatic N) is 2. The second kappa shape index (κ2) is 6.96. The van der Waals surface area contributed by atoms with Crippen molar-refractivity contribution in [3.8, 4) is 0 Å². The third-order valence-electron chi connectivity index (χ3n) is 4.43. The second-order valence-electron chi connectivity index (χ2n) is 5.92. The van der Waals surface area contributed by atoms with Gasteiger partial charge < -0.3 is 19.5 Å². The van der Waals surface area contributed by atoms with Gasteiger partial charge in [0.25, 0.3) is 5.91 Å². The first kappa shape index (κ1) is 15.1. The summed E-state index contributed by atoms with van der Waals surface area (Å²) in [5, 5.41) is 3.30. The number of carbonyl (C=O) groups excluding carboxylic acids is 2. The molecule has 1 atom stereocenters. The number of carbonyl (C=O) groups is 2. The lowest BCUT2D eigenvalue weighted by atomic mass is 10.00. The van der Waals surface area contributed by atoms with E-state index in [0.717, 1.165) is 51.9 Å². The van der Waals surface area contributed by atoms with Crippen LogP contribution in [0.3, 0.4) is 0 Å². The molecule has 2 fully saturated rings. The average molecular weight is 305 g/mol. The molecule has 0 spiro atoms. The lowest BCUT2D eigenvalue weighted by Gasteiger charge is -2.37. The number of amides is 2. The number of furan rings is 1. The molecule has 0 aliphatic carbocycles. The van der Waals surface area contributed by atoms with Crippen LogP contribution < -0.4 is 5.32 Å². The normalized spacial score (nSPS) is 23.2. The van der Waals surface area contributed by atoms with Crippen LogP contribution in [0.5, 0.6) is 0 Å². The summed E-state index contributed by atoms with van der Waals surface area (Å²) in [5.41, 5.74) is 0. The fourth-order valence-electron chi connectivity index (χ4n) is 3.25. The Balaban J connectivity index is 1.74. The third-order valence-corrected chi connectivity index (χ3v) is 4.43. The third kappa shape index (κ3) is 3.16. The molecule has 0 radical (unpaired) electrons. The lowest BCUT2D eigenvalue weighted by molar-refractivity contribution is -0.137. The topological polar surface area (TPSA) is 65.8 Å². The number of rotatable bonds is 2. The Morgan fingerprint density at radius 3 is 2.86 bits per heavy atom. The van der Waals surface area contributed by atoms with Crippen LogP contribution in [0.2, 0.25) is 0 Å². The summed E-state index contributed by atoms with van der Waals surface area (Å²) in [5.74, 6) is 0.233. The first-order valence-electron chi connectivity index (χ1n) is 8.11. The summed E-state index contributed by atoms with van der Waals surface area (Å²) in [6.45, 7) is 3.89. The van der Waals surface area contributed by atoms with E-state index in [2.05, 4.69) is 5.32 Å². The molecule has 2 aliphatic heterocycles. The molecule has 1 aromatic rings. The molecule has 2 aliphatic rings. The van der Waals surface area contributed by atoms with Gasteiger partial charge in [0.05, 0.1) is 6.26 Å². The first-order valence-corrected chi connectivity index (χ1v) is 8.11. The molecule has 22 heavy (non-hydrogen) atoms. The standard InChI is InChI=1S/C16H23N3O3/c20-15(18-9-4-7-17-8-11-18)13-5-1-2-10-19(13)16(21)14-6-3-12-22-14/h3,6,12-13,17H,1-2,4-5,7-11H2. The van der Waals surface area contributed by atoms with Crippen LogP contribution in [-0.4, -0.2) is 60.4 Å². The summed E-state index contributed by atoms with van der Waals surface area (Å²) >= 11 is 0. The molecule has 0 saturated carbocycles. The predicted octanol–water partition coefficient (Wildman–Crippen LogP) is 1.10. The van der Waals surface area contributed by atoms with Gasteiger partial charge in [-0.25, -0.2) is 0 Å². The van der Waals surface area contributed by atoms with Crippen molar-refractivity contribution in [1.82, 2.24) is 15.1 Å². The van der Waals surface area contributed by atoms with E-state index >= 15 is 0 Å². The summed E-state index contributed by atoms with van der Waals surface area (Å²) < 4.78 is 5.22. The molecule has 1 aromatic heterocycles. The Kier molecular flexibility index (Phi) is 4.77. The average Bonchev–Trinajstić information content (AvgIpc) is 2.96. The van der Waals surface area contributed by atoms with Crippen molar-refractivity contribution in [2.24, 2.45) is 0 Å². The Bertz CT molecular complexity index is 507. The van der Waals surface area contributed by atoms with Crippen molar-refractivity contribution in [2.45, 2.75) is 31.7 Å². The highest BCUT2D eigenvalue weighted by atomic mass is 16.3. The van der Waals surface area contributed by atoms with Gasteiger partial charge in [-0.3, -0.25) is 9.59 Å². The molecule has 120 valence electrons. The Morgan fingerprint density at radius 1 is 1.14 bits per heavy atom. The lowest BCUT2D eigenvalue weighted by Crippen LogP contribution is -2.53. The van der Waals surface area contributed by atoms with E-state index < -0.39 is 0 Å². The molecule has 1 N–H and O–H groups in total. The van der Waals surface area contributed by atoms with Gasteiger partial charge in [-0.2, -0.15) is 0 Å². The van der Waals surface area contributed by atoms with Crippen molar-refractivity contribution >= 4 is 11.8 Å². The van der Waals surface area contributed by atoms with E-state index in [1.54, 1.807) is 17.0 Å². The molecular formula is C16H23N3O3.